The van der Waals surface area contributed by atoms with Gasteiger partial charge in [0.25, 0.3) is 0 Å². The quantitative estimate of drug-likeness (QED) is 0.401. The number of nitrogen functional groups attached to an aromatic ring is 2. The first-order valence-electron chi connectivity index (χ1n) is 8.22. The Bertz CT molecular complexity index is 835. The first kappa shape index (κ1) is 19.1. The van der Waals surface area contributed by atoms with E-state index in [1.165, 1.54) is 17.7 Å². The average molecular weight is 352 g/mol. The van der Waals surface area contributed by atoms with Crippen molar-refractivity contribution in [3.05, 3.63) is 70.9 Å². The maximum absolute atomic E-state index is 12.3. The maximum atomic E-state index is 12.3. The van der Waals surface area contributed by atoms with Crippen LogP contribution >= 0.6 is 0 Å². The third-order valence-electron chi connectivity index (χ3n) is 3.60. The van der Waals surface area contributed by atoms with E-state index in [0.29, 0.717) is 18.7 Å². The maximum Gasteiger partial charge on any atom is 0.191 e. The Morgan fingerprint density at radius 3 is 2.42 bits per heavy atom. The van der Waals surface area contributed by atoms with E-state index in [1.54, 1.807) is 6.07 Å². The summed E-state index contributed by atoms with van der Waals surface area (Å²) in [7, 11) is 0. The molecule has 2 aromatic rings. The largest absolute Gasteiger partial charge is 0.490 e. The highest BCUT2D eigenvalue weighted by molar-refractivity contribution is 6.08. The lowest BCUT2D eigenvalue weighted by molar-refractivity contribution is 0.104. The molecule has 0 amide bonds. The molecular formula is C20H24N4O2. The monoisotopic (exact) mass is 352 g/mol. The first-order chi connectivity index (χ1) is 12.3. The number of carbonyl (C=O) groups excluding carboxylic acids is 1. The van der Waals surface area contributed by atoms with Gasteiger partial charge in [0, 0.05) is 18.2 Å². The molecule has 1 heterocycles. The van der Waals surface area contributed by atoms with Crippen molar-refractivity contribution in [2.45, 2.75) is 20.3 Å². The summed E-state index contributed by atoms with van der Waals surface area (Å²) in [5.41, 5.74) is 20.2. The minimum absolute atomic E-state index is 0.0944. The summed E-state index contributed by atoms with van der Waals surface area (Å²) in [6, 6.07) is 10.7. The summed E-state index contributed by atoms with van der Waals surface area (Å²) < 4.78 is 5.61. The molecule has 6 nitrogen and oxygen atoms in total. The SMILES string of the molecule is CC(C)=CCOc1ccc(CC(N)=CC(=O)c2ccc(N)nc2N)cc1. The Morgan fingerprint density at radius 2 is 1.81 bits per heavy atom. The summed E-state index contributed by atoms with van der Waals surface area (Å²) in [6.45, 7) is 4.59. The molecule has 0 saturated carbocycles. The number of aromatic nitrogens is 1. The van der Waals surface area contributed by atoms with Gasteiger partial charge in [-0.05, 0) is 49.8 Å². The second kappa shape index (κ2) is 8.71. The molecule has 2 rings (SSSR count). The molecule has 0 unspecified atom stereocenters. The van der Waals surface area contributed by atoms with E-state index in [2.05, 4.69) is 4.98 Å². The summed E-state index contributed by atoms with van der Waals surface area (Å²) >= 11 is 0. The lowest BCUT2D eigenvalue weighted by Crippen LogP contribution is -2.09. The second-order valence-electron chi connectivity index (χ2n) is 6.17. The van der Waals surface area contributed by atoms with E-state index in [4.69, 9.17) is 21.9 Å². The minimum atomic E-state index is -0.297. The van der Waals surface area contributed by atoms with E-state index in [9.17, 15) is 4.79 Å². The molecule has 0 spiro atoms. The van der Waals surface area contributed by atoms with E-state index in [-0.39, 0.29) is 23.0 Å². The predicted octanol–water partition coefficient (Wildman–Crippen LogP) is 2.86. The van der Waals surface area contributed by atoms with Crippen LogP contribution < -0.4 is 21.9 Å². The number of allylic oxidation sites excluding steroid dienone is 3. The Balaban J connectivity index is 2.00. The number of ketones is 1. The van der Waals surface area contributed by atoms with E-state index >= 15 is 0 Å². The summed E-state index contributed by atoms with van der Waals surface area (Å²) in [5.74, 6) is 0.847. The Hall–Kier alpha value is -3.28. The first-order valence-corrected chi connectivity index (χ1v) is 8.22. The fraction of sp³-hybridized carbons (Fsp3) is 0.200. The van der Waals surface area contributed by atoms with Gasteiger partial charge in [-0.1, -0.05) is 17.7 Å². The molecule has 0 bridgehead atoms. The molecule has 0 aliphatic heterocycles. The van der Waals surface area contributed by atoms with Crippen LogP contribution in [0.25, 0.3) is 0 Å². The predicted molar refractivity (Wildman–Crippen MR) is 105 cm³/mol. The number of pyridine rings is 1. The van der Waals surface area contributed by atoms with Crippen molar-refractivity contribution in [1.82, 2.24) is 4.98 Å². The number of hydrogen-bond donors (Lipinski definition) is 3. The van der Waals surface area contributed by atoms with Gasteiger partial charge in [-0.2, -0.15) is 0 Å². The van der Waals surface area contributed by atoms with E-state index < -0.39 is 0 Å². The number of anilines is 2. The standard InChI is InChI=1S/C20H24N4O2/c1-13(2)9-10-26-16-5-3-14(4-6-16)11-15(21)12-18(25)17-7-8-19(22)24-20(17)23/h3-9,12H,10-11,21H2,1-2H3,(H4,22,23,24). The zero-order valence-corrected chi connectivity index (χ0v) is 15.0. The Morgan fingerprint density at radius 1 is 1.12 bits per heavy atom. The fourth-order valence-corrected chi connectivity index (χ4v) is 2.24. The molecule has 0 aliphatic rings. The molecule has 0 saturated heterocycles. The highest BCUT2D eigenvalue weighted by Crippen LogP contribution is 2.16. The lowest BCUT2D eigenvalue weighted by Gasteiger charge is -2.07. The number of hydrogen-bond acceptors (Lipinski definition) is 6. The fourth-order valence-electron chi connectivity index (χ4n) is 2.24. The van der Waals surface area contributed by atoms with Gasteiger partial charge in [0.15, 0.2) is 5.78 Å². The second-order valence-corrected chi connectivity index (χ2v) is 6.17. The molecule has 6 N–H and O–H groups in total. The molecule has 1 aromatic carbocycles. The zero-order valence-electron chi connectivity index (χ0n) is 15.0. The van der Waals surface area contributed by atoms with Gasteiger partial charge in [-0.25, -0.2) is 4.98 Å². The Kier molecular flexibility index (Phi) is 6.38. The van der Waals surface area contributed by atoms with Crippen LogP contribution in [0.4, 0.5) is 11.6 Å². The number of carbonyl (C=O) groups is 1. The van der Waals surface area contributed by atoms with Crippen LogP contribution in [-0.2, 0) is 6.42 Å². The highest BCUT2D eigenvalue weighted by Gasteiger charge is 2.09. The van der Waals surface area contributed by atoms with Crippen LogP contribution in [0, 0.1) is 0 Å². The lowest BCUT2D eigenvalue weighted by atomic mass is 10.1. The summed E-state index contributed by atoms with van der Waals surface area (Å²) in [6.07, 6.45) is 3.82. The molecule has 136 valence electrons. The van der Waals surface area contributed by atoms with Crippen LogP contribution in [0.2, 0.25) is 0 Å². The van der Waals surface area contributed by atoms with Crippen molar-refractivity contribution in [3.63, 3.8) is 0 Å². The van der Waals surface area contributed by atoms with Gasteiger partial charge in [0.05, 0.1) is 5.56 Å². The molecule has 6 heteroatoms. The van der Waals surface area contributed by atoms with Crippen molar-refractivity contribution in [2.75, 3.05) is 18.1 Å². The molecule has 1 aromatic heterocycles. The van der Waals surface area contributed by atoms with E-state index in [1.807, 2.05) is 44.2 Å². The number of rotatable bonds is 7. The third kappa shape index (κ3) is 5.66. The van der Waals surface area contributed by atoms with Crippen LogP contribution in [0.5, 0.6) is 5.75 Å². The number of ether oxygens (including phenoxy) is 1. The van der Waals surface area contributed by atoms with Crippen molar-refractivity contribution >= 4 is 17.4 Å². The van der Waals surface area contributed by atoms with E-state index in [0.717, 1.165) is 11.3 Å². The van der Waals surface area contributed by atoms with Gasteiger partial charge in [-0.15, -0.1) is 0 Å². The normalized spacial score (nSPS) is 11.1. The van der Waals surface area contributed by atoms with Crippen molar-refractivity contribution in [2.24, 2.45) is 5.73 Å². The zero-order chi connectivity index (χ0) is 19.1. The van der Waals surface area contributed by atoms with Crippen molar-refractivity contribution in [1.29, 1.82) is 0 Å². The smallest absolute Gasteiger partial charge is 0.191 e. The highest BCUT2D eigenvalue weighted by atomic mass is 16.5. The molecule has 26 heavy (non-hydrogen) atoms. The molecule has 0 aliphatic carbocycles. The molecule has 0 atom stereocenters. The van der Waals surface area contributed by atoms with Crippen LogP contribution in [0.15, 0.2) is 59.8 Å². The third-order valence-corrected chi connectivity index (χ3v) is 3.60. The topological polar surface area (TPSA) is 117 Å². The van der Waals surface area contributed by atoms with Gasteiger partial charge in [-0.3, -0.25) is 4.79 Å². The molecule has 0 fully saturated rings. The van der Waals surface area contributed by atoms with Gasteiger partial charge < -0.3 is 21.9 Å². The number of nitrogens with zero attached hydrogens (tertiary/aromatic N) is 1. The summed E-state index contributed by atoms with van der Waals surface area (Å²) in [4.78, 5) is 16.1. The van der Waals surface area contributed by atoms with Crippen LogP contribution in [0.1, 0.15) is 29.8 Å². The summed E-state index contributed by atoms with van der Waals surface area (Å²) in [5, 5.41) is 0. The van der Waals surface area contributed by atoms with Crippen molar-refractivity contribution in [3.8, 4) is 5.75 Å². The molecule has 0 radical (unpaired) electrons. The number of nitrogens with two attached hydrogens (primary N) is 3. The van der Waals surface area contributed by atoms with Gasteiger partial charge >= 0.3 is 0 Å². The Labute approximate surface area is 153 Å². The van der Waals surface area contributed by atoms with Crippen molar-refractivity contribution < 1.29 is 9.53 Å². The van der Waals surface area contributed by atoms with Crippen LogP contribution in [-0.4, -0.2) is 17.4 Å². The van der Waals surface area contributed by atoms with Gasteiger partial charge in [0.1, 0.15) is 24.0 Å². The average Bonchev–Trinajstić information content (AvgIpc) is 2.55. The molecular weight excluding hydrogens is 328 g/mol. The number of benzene rings is 1. The minimum Gasteiger partial charge on any atom is -0.490 e. The van der Waals surface area contributed by atoms with Gasteiger partial charge in [0.2, 0.25) is 0 Å². The van der Waals surface area contributed by atoms with Crippen LogP contribution in [0.3, 0.4) is 0 Å².